The normalized spacial score (nSPS) is 8.43. The Morgan fingerprint density at radius 2 is 1.14 bits per heavy atom. The van der Waals surface area contributed by atoms with Gasteiger partial charge in [0.05, 0.1) is 0 Å². The molecule has 0 spiro atoms. The van der Waals surface area contributed by atoms with E-state index >= 15 is 0 Å². The summed E-state index contributed by atoms with van der Waals surface area (Å²) in [5.41, 5.74) is 0. The summed E-state index contributed by atoms with van der Waals surface area (Å²) in [6.45, 7) is 0. The number of hydrogen-bond donors (Lipinski definition) is 3. The number of hydrogen-bond acceptors (Lipinski definition) is 1. The Kier molecular flexibility index (Phi) is 10.6. The van der Waals surface area contributed by atoms with Gasteiger partial charge in [0.1, 0.15) is 0 Å². The minimum absolute atomic E-state index is 0. The monoisotopic (exact) mass is 179 g/mol. The maximum atomic E-state index is 8.88. The Balaban J connectivity index is -0.0000000800. The van der Waals surface area contributed by atoms with Gasteiger partial charge in [-0.05, 0) is 0 Å². The van der Waals surface area contributed by atoms with E-state index in [1.165, 1.54) is 0 Å². The van der Waals surface area contributed by atoms with Gasteiger partial charge in [-0.2, -0.15) is 0 Å². The molecule has 0 bridgehead atoms. The molecule has 0 amide bonds. The molecule has 0 aromatic rings. The van der Waals surface area contributed by atoms with Crippen LogP contribution in [0.5, 0.6) is 0 Å². The zero-order valence-electron chi connectivity index (χ0n) is 3.00. The van der Waals surface area contributed by atoms with E-state index in [1.807, 2.05) is 0 Å². The molecule has 7 heavy (non-hydrogen) atoms. The molecular weight excluding hydrogens is 175 g/mol. The molecule has 7 heteroatoms. The summed E-state index contributed by atoms with van der Waals surface area (Å²) in [5, 5.41) is 0. The largest absolute Gasteiger partial charge is 0.466 e. The zero-order chi connectivity index (χ0) is 4.50. The SMILES string of the molecule is O.O=P(O)(O)O.[Cu]. The Labute approximate surface area is 50.4 Å². The van der Waals surface area contributed by atoms with Gasteiger partial charge in [-0.15, -0.1) is 0 Å². The van der Waals surface area contributed by atoms with Crippen LogP contribution in [0.15, 0.2) is 0 Å². The first kappa shape index (κ1) is 15.6. The molecular formula is H5CuO5P. The van der Waals surface area contributed by atoms with Crippen LogP contribution in [0.1, 0.15) is 0 Å². The Morgan fingerprint density at radius 3 is 1.14 bits per heavy atom. The summed E-state index contributed by atoms with van der Waals surface area (Å²) in [4.78, 5) is 21.6. The second kappa shape index (κ2) is 4.74. The Morgan fingerprint density at radius 1 is 1.14 bits per heavy atom. The van der Waals surface area contributed by atoms with Crippen molar-refractivity contribution in [3.63, 3.8) is 0 Å². The number of phosphoric acid groups is 1. The second-order valence-electron chi connectivity index (χ2n) is 0.513. The molecule has 0 unspecified atom stereocenters. The van der Waals surface area contributed by atoms with Gasteiger partial charge >= 0.3 is 7.82 Å². The fourth-order valence-electron chi connectivity index (χ4n) is 0. The van der Waals surface area contributed by atoms with E-state index in [-0.39, 0.29) is 22.5 Å². The molecule has 5 nitrogen and oxygen atoms in total. The minimum Gasteiger partial charge on any atom is -0.412 e. The van der Waals surface area contributed by atoms with Crippen LogP contribution in [0.4, 0.5) is 0 Å². The third-order valence-electron chi connectivity index (χ3n) is 0. The van der Waals surface area contributed by atoms with Crippen LogP contribution in [0.2, 0.25) is 0 Å². The van der Waals surface area contributed by atoms with Gasteiger partial charge in [0.2, 0.25) is 0 Å². The van der Waals surface area contributed by atoms with Crippen molar-refractivity contribution in [2.75, 3.05) is 0 Å². The van der Waals surface area contributed by atoms with Crippen LogP contribution in [-0.4, -0.2) is 20.2 Å². The summed E-state index contributed by atoms with van der Waals surface area (Å²) < 4.78 is 8.88. The van der Waals surface area contributed by atoms with Crippen molar-refractivity contribution >= 4 is 7.82 Å². The van der Waals surface area contributed by atoms with Gasteiger partial charge in [0.15, 0.2) is 0 Å². The van der Waals surface area contributed by atoms with Crippen molar-refractivity contribution in [2.24, 2.45) is 0 Å². The van der Waals surface area contributed by atoms with Crippen molar-refractivity contribution in [3.05, 3.63) is 0 Å². The molecule has 0 aromatic heterocycles. The Hall–Kier alpha value is 0.589. The van der Waals surface area contributed by atoms with Gasteiger partial charge in [0.25, 0.3) is 0 Å². The summed E-state index contributed by atoms with van der Waals surface area (Å²) >= 11 is 0. The first-order chi connectivity index (χ1) is 2.00. The molecule has 5 N–H and O–H groups in total. The first-order valence-corrected chi connectivity index (χ1v) is 2.35. The first-order valence-electron chi connectivity index (χ1n) is 0.783. The van der Waals surface area contributed by atoms with E-state index in [1.54, 1.807) is 0 Å². The number of rotatable bonds is 0. The topological polar surface area (TPSA) is 109 Å². The van der Waals surface area contributed by atoms with Crippen LogP contribution in [0, 0.1) is 0 Å². The molecule has 51 valence electrons. The van der Waals surface area contributed by atoms with Gasteiger partial charge in [-0.3, -0.25) is 0 Å². The molecule has 0 heterocycles. The van der Waals surface area contributed by atoms with Crippen molar-refractivity contribution < 1.29 is 41.8 Å². The van der Waals surface area contributed by atoms with E-state index in [4.69, 9.17) is 19.2 Å². The van der Waals surface area contributed by atoms with E-state index in [0.29, 0.717) is 0 Å². The fraction of sp³-hybridized carbons (Fsp3) is 0. The molecule has 1 radical (unpaired) electrons. The third kappa shape index (κ3) is 399. The van der Waals surface area contributed by atoms with Crippen LogP contribution < -0.4 is 0 Å². The maximum absolute atomic E-state index is 8.88. The van der Waals surface area contributed by atoms with E-state index in [9.17, 15) is 0 Å². The van der Waals surface area contributed by atoms with Crippen molar-refractivity contribution in [3.8, 4) is 0 Å². The standard InChI is InChI=1S/Cu.H3O4P.H2O/c;1-5(2,3)4;/h;(H3,1,2,3,4);1H2. The van der Waals surface area contributed by atoms with Gasteiger partial charge < -0.3 is 20.2 Å². The Bertz CT molecular complexity index is 54.2. The van der Waals surface area contributed by atoms with Crippen molar-refractivity contribution in [1.82, 2.24) is 0 Å². The fourth-order valence-corrected chi connectivity index (χ4v) is 0. The van der Waals surface area contributed by atoms with Crippen molar-refractivity contribution in [1.29, 1.82) is 0 Å². The van der Waals surface area contributed by atoms with Gasteiger partial charge in [0, 0.05) is 17.1 Å². The van der Waals surface area contributed by atoms with E-state index in [0.717, 1.165) is 0 Å². The van der Waals surface area contributed by atoms with Gasteiger partial charge in [-0.25, -0.2) is 4.57 Å². The molecule has 0 saturated heterocycles. The van der Waals surface area contributed by atoms with Crippen LogP contribution in [0.3, 0.4) is 0 Å². The molecule has 0 aliphatic heterocycles. The minimum atomic E-state index is -4.64. The van der Waals surface area contributed by atoms with Crippen molar-refractivity contribution in [2.45, 2.75) is 0 Å². The quantitative estimate of drug-likeness (QED) is 0.302. The van der Waals surface area contributed by atoms with Crippen LogP contribution >= 0.6 is 7.82 Å². The zero-order valence-corrected chi connectivity index (χ0v) is 4.83. The molecule has 0 atom stereocenters. The molecule has 0 fully saturated rings. The summed E-state index contributed by atoms with van der Waals surface area (Å²) in [7, 11) is -4.64. The predicted molar refractivity (Wildman–Crippen MR) is 17.9 cm³/mol. The average Bonchev–Trinajstić information content (AvgIpc) is 0.722. The summed E-state index contributed by atoms with van der Waals surface area (Å²) in [6, 6.07) is 0. The smallest absolute Gasteiger partial charge is 0.412 e. The molecule has 0 aliphatic carbocycles. The third-order valence-corrected chi connectivity index (χ3v) is 0. The predicted octanol–water partition coefficient (Wildman–Crippen LogP) is -1.76. The van der Waals surface area contributed by atoms with Gasteiger partial charge in [-0.1, -0.05) is 0 Å². The van der Waals surface area contributed by atoms with E-state index in [2.05, 4.69) is 0 Å². The summed E-state index contributed by atoms with van der Waals surface area (Å²) in [5.74, 6) is 0. The molecule has 0 aliphatic rings. The van der Waals surface area contributed by atoms with Crippen LogP contribution in [-0.2, 0) is 21.6 Å². The molecule has 0 saturated carbocycles. The summed E-state index contributed by atoms with van der Waals surface area (Å²) in [6.07, 6.45) is 0. The second-order valence-corrected chi connectivity index (χ2v) is 1.54. The van der Waals surface area contributed by atoms with E-state index < -0.39 is 7.82 Å². The van der Waals surface area contributed by atoms with Crippen LogP contribution in [0.25, 0.3) is 0 Å². The molecule has 0 rings (SSSR count). The average molecular weight is 180 g/mol. The molecule has 0 aromatic carbocycles. The maximum Gasteiger partial charge on any atom is 0.466 e.